The molecule has 0 spiro atoms. The van der Waals surface area contributed by atoms with E-state index in [1.54, 1.807) is 31.4 Å². The minimum Gasteiger partial charge on any atom is -0.497 e. The molecule has 0 aliphatic rings. The van der Waals surface area contributed by atoms with Crippen molar-refractivity contribution in [3.63, 3.8) is 0 Å². The Balaban J connectivity index is 1.89. The van der Waals surface area contributed by atoms with Gasteiger partial charge in [-0.2, -0.15) is 0 Å². The molecule has 0 aliphatic heterocycles. The van der Waals surface area contributed by atoms with Crippen LogP contribution < -0.4 is 14.8 Å². The highest BCUT2D eigenvalue weighted by Gasteiger charge is 2.20. The molecular formula is C20H21N3O3S. The Bertz CT molecular complexity index is 1020. The van der Waals surface area contributed by atoms with Gasteiger partial charge in [-0.15, -0.1) is 0 Å². The van der Waals surface area contributed by atoms with Gasteiger partial charge >= 0.3 is 0 Å². The number of nitrogens with zero attached hydrogens (tertiary/aromatic N) is 1. The first-order valence-corrected chi connectivity index (χ1v) is 9.98. The third-order valence-corrected chi connectivity index (χ3v) is 5.42. The molecule has 1 heterocycles. The Hall–Kier alpha value is -3.06. The molecule has 0 radical (unpaired) electrons. The quantitative estimate of drug-likeness (QED) is 0.639. The van der Waals surface area contributed by atoms with E-state index >= 15 is 0 Å². The number of benzene rings is 2. The van der Waals surface area contributed by atoms with Gasteiger partial charge in [-0.25, -0.2) is 13.4 Å². The molecule has 2 aromatic carbocycles. The molecule has 0 saturated carbocycles. The number of hydrogen-bond donors (Lipinski definition) is 2. The molecule has 0 fully saturated rings. The maximum atomic E-state index is 12.9. The minimum absolute atomic E-state index is 0.0624. The first-order chi connectivity index (χ1) is 13.0. The number of rotatable bonds is 7. The Morgan fingerprint density at radius 2 is 1.78 bits per heavy atom. The summed E-state index contributed by atoms with van der Waals surface area (Å²) in [6, 6.07) is 17.6. The SMILES string of the molecule is CCc1ccc(NS(=O)(=O)c2cccnc2Nc2cccc(OC)c2)cc1. The smallest absolute Gasteiger partial charge is 0.265 e. The zero-order valence-corrected chi connectivity index (χ0v) is 16.0. The highest BCUT2D eigenvalue weighted by Crippen LogP contribution is 2.26. The van der Waals surface area contributed by atoms with Gasteiger partial charge in [0.2, 0.25) is 0 Å². The van der Waals surface area contributed by atoms with Crippen molar-refractivity contribution >= 4 is 27.2 Å². The van der Waals surface area contributed by atoms with Gasteiger partial charge in [0.05, 0.1) is 7.11 Å². The summed E-state index contributed by atoms with van der Waals surface area (Å²) in [5.74, 6) is 0.901. The van der Waals surface area contributed by atoms with Crippen molar-refractivity contribution in [2.24, 2.45) is 0 Å². The second-order valence-corrected chi connectivity index (χ2v) is 7.51. The summed E-state index contributed by atoms with van der Waals surface area (Å²) in [6.07, 6.45) is 2.43. The number of hydrogen-bond acceptors (Lipinski definition) is 5. The van der Waals surface area contributed by atoms with E-state index in [4.69, 9.17) is 4.74 Å². The molecule has 0 aliphatic carbocycles. The second kappa shape index (κ2) is 8.09. The molecule has 7 heteroatoms. The lowest BCUT2D eigenvalue weighted by Crippen LogP contribution is -2.15. The van der Waals surface area contributed by atoms with Crippen molar-refractivity contribution in [2.75, 3.05) is 17.1 Å². The third kappa shape index (κ3) is 4.57. The molecule has 3 rings (SSSR count). The fraction of sp³-hybridized carbons (Fsp3) is 0.150. The van der Waals surface area contributed by atoms with Crippen LogP contribution in [0.15, 0.2) is 71.8 Å². The van der Waals surface area contributed by atoms with Gasteiger partial charge in [0.25, 0.3) is 10.0 Å². The van der Waals surface area contributed by atoms with E-state index in [2.05, 4.69) is 15.0 Å². The standard InChI is InChI=1S/C20H21N3O3S/c1-3-15-9-11-16(12-10-15)23-27(24,25)19-8-5-13-21-20(19)22-17-6-4-7-18(14-17)26-2/h4-14,23H,3H2,1-2H3,(H,21,22). The van der Waals surface area contributed by atoms with Crippen molar-refractivity contribution < 1.29 is 13.2 Å². The largest absolute Gasteiger partial charge is 0.497 e. The van der Waals surface area contributed by atoms with Crippen molar-refractivity contribution in [1.82, 2.24) is 4.98 Å². The highest BCUT2D eigenvalue weighted by atomic mass is 32.2. The average Bonchev–Trinajstić information content (AvgIpc) is 2.69. The highest BCUT2D eigenvalue weighted by molar-refractivity contribution is 7.92. The molecule has 0 amide bonds. The monoisotopic (exact) mass is 383 g/mol. The van der Waals surface area contributed by atoms with Gasteiger partial charge in [0.15, 0.2) is 5.82 Å². The predicted molar refractivity (Wildman–Crippen MR) is 107 cm³/mol. The van der Waals surface area contributed by atoms with Gasteiger partial charge in [0, 0.05) is 23.6 Å². The van der Waals surface area contributed by atoms with Crippen LogP contribution in [0.3, 0.4) is 0 Å². The van der Waals surface area contributed by atoms with Crippen LogP contribution in [0.25, 0.3) is 0 Å². The molecule has 0 saturated heterocycles. The number of methoxy groups -OCH3 is 1. The van der Waals surface area contributed by atoms with E-state index in [-0.39, 0.29) is 10.7 Å². The van der Waals surface area contributed by atoms with Gasteiger partial charge in [-0.3, -0.25) is 4.72 Å². The van der Waals surface area contributed by atoms with Crippen LogP contribution in [0, 0.1) is 0 Å². The Morgan fingerprint density at radius 3 is 2.48 bits per heavy atom. The maximum Gasteiger partial charge on any atom is 0.265 e. The summed E-state index contributed by atoms with van der Waals surface area (Å²) in [7, 11) is -2.23. The van der Waals surface area contributed by atoms with E-state index in [1.165, 1.54) is 12.3 Å². The molecule has 27 heavy (non-hydrogen) atoms. The van der Waals surface area contributed by atoms with Gasteiger partial charge in [-0.05, 0) is 48.4 Å². The third-order valence-electron chi connectivity index (χ3n) is 4.01. The van der Waals surface area contributed by atoms with E-state index in [0.717, 1.165) is 12.0 Å². The molecule has 6 nitrogen and oxygen atoms in total. The zero-order chi connectivity index (χ0) is 19.3. The topological polar surface area (TPSA) is 80.3 Å². The van der Waals surface area contributed by atoms with Crippen LogP contribution in [-0.4, -0.2) is 20.5 Å². The van der Waals surface area contributed by atoms with Gasteiger partial charge in [0.1, 0.15) is 10.6 Å². The van der Waals surface area contributed by atoms with Crippen LogP contribution in [0.5, 0.6) is 5.75 Å². The summed E-state index contributed by atoms with van der Waals surface area (Å²) in [5, 5.41) is 3.05. The fourth-order valence-electron chi connectivity index (χ4n) is 2.56. The number of aromatic nitrogens is 1. The molecule has 0 atom stereocenters. The summed E-state index contributed by atoms with van der Waals surface area (Å²) in [6.45, 7) is 2.05. The molecule has 1 aromatic heterocycles. The van der Waals surface area contributed by atoms with Crippen LogP contribution >= 0.6 is 0 Å². The lowest BCUT2D eigenvalue weighted by molar-refractivity contribution is 0.415. The Labute approximate surface area is 159 Å². The zero-order valence-electron chi connectivity index (χ0n) is 15.1. The number of anilines is 3. The summed E-state index contributed by atoms with van der Waals surface area (Å²) < 4.78 is 33.5. The summed E-state index contributed by atoms with van der Waals surface area (Å²) in [4.78, 5) is 4.26. The molecule has 0 bridgehead atoms. The minimum atomic E-state index is -3.81. The summed E-state index contributed by atoms with van der Waals surface area (Å²) >= 11 is 0. The predicted octanol–water partition coefficient (Wildman–Crippen LogP) is 4.20. The number of pyridine rings is 1. The van der Waals surface area contributed by atoms with E-state index in [9.17, 15) is 8.42 Å². The first-order valence-electron chi connectivity index (χ1n) is 8.49. The number of nitrogens with one attached hydrogen (secondary N) is 2. The summed E-state index contributed by atoms with van der Waals surface area (Å²) in [5.41, 5.74) is 2.32. The van der Waals surface area contributed by atoms with Crippen molar-refractivity contribution in [2.45, 2.75) is 18.2 Å². The maximum absolute atomic E-state index is 12.9. The van der Waals surface area contributed by atoms with Gasteiger partial charge in [-0.1, -0.05) is 25.1 Å². The number of sulfonamides is 1. The van der Waals surface area contributed by atoms with E-state index in [1.807, 2.05) is 37.3 Å². The van der Waals surface area contributed by atoms with Crippen molar-refractivity contribution in [3.05, 3.63) is 72.4 Å². The van der Waals surface area contributed by atoms with Gasteiger partial charge < -0.3 is 10.1 Å². The molecular weight excluding hydrogens is 362 g/mol. The van der Waals surface area contributed by atoms with Crippen LogP contribution in [0.1, 0.15) is 12.5 Å². The van der Waals surface area contributed by atoms with Crippen LogP contribution in [0.2, 0.25) is 0 Å². The Kier molecular flexibility index (Phi) is 5.61. The first kappa shape index (κ1) is 18.7. The Morgan fingerprint density at radius 1 is 1.00 bits per heavy atom. The lowest BCUT2D eigenvalue weighted by atomic mass is 10.2. The molecule has 140 valence electrons. The second-order valence-electron chi connectivity index (χ2n) is 5.86. The molecule has 3 aromatic rings. The number of aryl methyl sites for hydroxylation is 1. The average molecular weight is 383 g/mol. The fourth-order valence-corrected chi connectivity index (χ4v) is 3.73. The molecule has 0 unspecified atom stereocenters. The van der Waals surface area contributed by atoms with Crippen molar-refractivity contribution in [3.8, 4) is 5.75 Å². The lowest BCUT2D eigenvalue weighted by Gasteiger charge is -2.13. The normalized spacial score (nSPS) is 11.0. The molecule has 2 N–H and O–H groups in total. The van der Waals surface area contributed by atoms with E-state index in [0.29, 0.717) is 17.1 Å². The van der Waals surface area contributed by atoms with Crippen LogP contribution in [0.4, 0.5) is 17.2 Å². The number of ether oxygens (including phenoxy) is 1. The van der Waals surface area contributed by atoms with Crippen molar-refractivity contribution in [1.29, 1.82) is 0 Å². The van der Waals surface area contributed by atoms with Crippen LogP contribution in [-0.2, 0) is 16.4 Å². The van der Waals surface area contributed by atoms with E-state index < -0.39 is 10.0 Å².